The molecule has 2 heteroatoms. The van der Waals surface area contributed by atoms with E-state index in [-0.39, 0.29) is 0 Å². The lowest BCUT2D eigenvalue weighted by Gasteiger charge is -2.44. The molecule has 0 heterocycles. The van der Waals surface area contributed by atoms with Crippen LogP contribution in [0.4, 0.5) is 0 Å². The van der Waals surface area contributed by atoms with Crippen molar-refractivity contribution in [2.45, 2.75) is 84.8 Å². The van der Waals surface area contributed by atoms with Crippen LogP contribution in [0.3, 0.4) is 0 Å². The van der Waals surface area contributed by atoms with E-state index in [1.54, 1.807) is 5.57 Å². The zero-order valence-electron chi connectivity index (χ0n) is 20.2. The van der Waals surface area contributed by atoms with Gasteiger partial charge < -0.3 is 10.2 Å². The first-order valence-electron chi connectivity index (χ1n) is 12.4. The normalized spacial score (nSPS) is 38.7. The Bertz CT molecular complexity index is 755. The Morgan fingerprint density at radius 2 is 1.84 bits per heavy atom. The Morgan fingerprint density at radius 3 is 2.52 bits per heavy atom. The van der Waals surface area contributed by atoms with Crippen molar-refractivity contribution < 1.29 is 10.2 Å². The molecule has 0 unspecified atom stereocenters. The van der Waals surface area contributed by atoms with Gasteiger partial charge in [0.1, 0.15) is 0 Å². The molecule has 2 N–H and O–H groups in total. The second-order valence-electron chi connectivity index (χ2n) is 11.0. The van der Waals surface area contributed by atoms with E-state index < -0.39 is 12.2 Å². The van der Waals surface area contributed by atoms with Crippen molar-refractivity contribution >= 4 is 0 Å². The highest BCUT2D eigenvalue weighted by Crippen LogP contribution is 2.59. The Balaban J connectivity index is 1.77. The van der Waals surface area contributed by atoms with Gasteiger partial charge in [-0.1, -0.05) is 70.2 Å². The fourth-order valence-corrected chi connectivity index (χ4v) is 6.62. The lowest BCUT2D eigenvalue weighted by molar-refractivity contribution is 0.0862. The number of allylic oxidation sites excluding steroid dienone is 6. The molecule has 0 aromatic heterocycles. The standard InChI is InChI=1S/C29H44O2/c1-7-22(19(2)3)11-10-20(4)26-14-15-27-23(9-8-16-29(26,27)6)12-13-24-17-25(30)18-28(31)21(24)5/h7,10-13,19-20,22,25-28,30-31H,1,5,8-9,14-18H2,2-4,6H3/b11-10+,23-12+,24-13-/t20-,22+,25-,26-,27+,28+,29-/m1/s1. The summed E-state index contributed by atoms with van der Waals surface area (Å²) in [6.07, 6.45) is 17.6. The maximum absolute atomic E-state index is 10.2. The molecule has 0 aromatic carbocycles. The first kappa shape index (κ1) is 24.3. The first-order valence-corrected chi connectivity index (χ1v) is 12.4. The van der Waals surface area contributed by atoms with Crippen LogP contribution < -0.4 is 0 Å². The van der Waals surface area contributed by atoms with Crippen LogP contribution >= 0.6 is 0 Å². The molecule has 0 aromatic rings. The summed E-state index contributed by atoms with van der Waals surface area (Å²) in [4.78, 5) is 0. The summed E-state index contributed by atoms with van der Waals surface area (Å²) in [6, 6.07) is 0. The van der Waals surface area contributed by atoms with Gasteiger partial charge in [-0.15, -0.1) is 6.58 Å². The van der Waals surface area contributed by atoms with Gasteiger partial charge in [-0.25, -0.2) is 0 Å². The molecule has 0 saturated heterocycles. The highest BCUT2D eigenvalue weighted by atomic mass is 16.3. The van der Waals surface area contributed by atoms with Gasteiger partial charge in [0.2, 0.25) is 0 Å². The number of aliphatic hydroxyl groups is 2. The lowest BCUT2D eigenvalue weighted by atomic mass is 9.61. The molecule has 3 fully saturated rings. The Labute approximate surface area is 190 Å². The third-order valence-corrected chi connectivity index (χ3v) is 8.62. The quantitative estimate of drug-likeness (QED) is 0.461. The summed E-state index contributed by atoms with van der Waals surface area (Å²) < 4.78 is 0. The van der Waals surface area contributed by atoms with Crippen molar-refractivity contribution in [2.24, 2.45) is 35.0 Å². The maximum atomic E-state index is 10.2. The summed E-state index contributed by atoms with van der Waals surface area (Å²) in [5.74, 6) is 2.99. The molecule has 3 aliphatic carbocycles. The van der Waals surface area contributed by atoms with Crippen molar-refractivity contribution in [2.75, 3.05) is 0 Å². The predicted octanol–water partition coefficient (Wildman–Crippen LogP) is 6.78. The average molecular weight is 425 g/mol. The molecular weight excluding hydrogens is 380 g/mol. The number of hydrogen-bond donors (Lipinski definition) is 2. The third kappa shape index (κ3) is 5.17. The van der Waals surface area contributed by atoms with Crippen LogP contribution in [-0.2, 0) is 0 Å². The molecule has 31 heavy (non-hydrogen) atoms. The van der Waals surface area contributed by atoms with E-state index in [1.165, 1.54) is 32.1 Å². The van der Waals surface area contributed by atoms with Gasteiger partial charge in [-0.2, -0.15) is 0 Å². The van der Waals surface area contributed by atoms with E-state index in [1.807, 2.05) is 0 Å². The fraction of sp³-hybridized carbons (Fsp3) is 0.655. The average Bonchev–Trinajstić information content (AvgIpc) is 3.07. The summed E-state index contributed by atoms with van der Waals surface area (Å²) in [6.45, 7) is 17.6. The van der Waals surface area contributed by atoms with Gasteiger partial charge in [-0.05, 0) is 84.7 Å². The molecule has 0 radical (unpaired) electrons. The lowest BCUT2D eigenvalue weighted by Crippen LogP contribution is -2.35. The van der Waals surface area contributed by atoms with Crippen LogP contribution in [0.5, 0.6) is 0 Å². The van der Waals surface area contributed by atoms with E-state index in [0.717, 1.165) is 17.1 Å². The van der Waals surface area contributed by atoms with Crippen molar-refractivity contribution in [3.63, 3.8) is 0 Å². The summed E-state index contributed by atoms with van der Waals surface area (Å²) in [7, 11) is 0. The molecule has 172 valence electrons. The first-order chi connectivity index (χ1) is 14.7. The molecule has 0 bridgehead atoms. The topological polar surface area (TPSA) is 40.5 Å². The molecule has 7 atom stereocenters. The zero-order chi connectivity index (χ0) is 22.8. The molecule has 0 aliphatic heterocycles. The SMILES string of the molecule is C=C[C@@H](/C=C/[C@@H](C)[C@H]1CC[C@H]2/C(=C/C=C3/C[C@@H](O)C[C@H](O)C3=C)CCC[C@]12C)C(C)C. The number of hydrogen-bond acceptors (Lipinski definition) is 2. The van der Waals surface area contributed by atoms with Crippen LogP contribution in [0.1, 0.15) is 72.6 Å². The second kappa shape index (κ2) is 10.0. The molecule has 3 saturated carbocycles. The summed E-state index contributed by atoms with van der Waals surface area (Å²) in [5.41, 5.74) is 3.72. The highest BCUT2D eigenvalue weighted by molar-refractivity contribution is 5.38. The minimum absolute atomic E-state index is 0.358. The van der Waals surface area contributed by atoms with E-state index in [4.69, 9.17) is 0 Å². The number of aliphatic hydroxyl groups excluding tert-OH is 2. The minimum atomic E-state index is -0.612. The highest BCUT2D eigenvalue weighted by Gasteiger charge is 2.50. The minimum Gasteiger partial charge on any atom is -0.393 e. The zero-order valence-corrected chi connectivity index (χ0v) is 20.2. The van der Waals surface area contributed by atoms with E-state index >= 15 is 0 Å². The summed E-state index contributed by atoms with van der Waals surface area (Å²) >= 11 is 0. The van der Waals surface area contributed by atoms with Gasteiger partial charge in [0.15, 0.2) is 0 Å². The van der Waals surface area contributed by atoms with Crippen LogP contribution in [0, 0.1) is 35.0 Å². The van der Waals surface area contributed by atoms with E-state index in [9.17, 15) is 10.2 Å². The van der Waals surface area contributed by atoms with Crippen LogP contribution in [-0.4, -0.2) is 22.4 Å². The molecule has 0 amide bonds. The van der Waals surface area contributed by atoms with Crippen molar-refractivity contribution in [1.82, 2.24) is 0 Å². The molecule has 3 rings (SSSR count). The summed E-state index contributed by atoms with van der Waals surface area (Å²) in [5, 5.41) is 20.2. The predicted molar refractivity (Wildman–Crippen MR) is 132 cm³/mol. The van der Waals surface area contributed by atoms with E-state index in [0.29, 0.717) is 41.9 Å². The Hall–Kier alpha value is -1.38. The number of rotatable bonds is 6. The van der Waals surface area contributed by atoms with Gasteiger partial charge in [-0.3, -0.25) is 0 Å². The van der Waals surface area contributed by atoms with Crippen LogP contribution in [0.15, 0.2) is 60.3 Å². The van der Waals surface area contributed by atoms with Gasteiger partial charge in [0.25, 0.3) is 0 Å². The second-order valence-corrected chi connectivity index (χ2v) is 11.0. The van der Waals surface area contributed by atoms with Crippen LogP contribution in [0.2, 0.25) is 0 Å². The molecule has 3 aliphatic rings. The molecule has 0 spiro atoms. The number of fused-ring (bicyclic) bond motifs is 1. The van der Waals surface area contributed by atoms with Crippen molar-refractivity contribution in [3.8, 4) is 0 Å². The Kier molecular flexibility index (Phi) is 7.86. The van der Waals surface area contributed by atoms with E-state index in [2.05, 4.69) is 71.2 Å². The van der Waals surface area contributed by atoms with Crippen LogP contribution in [0.25, 0.3) is 0 Å². The van der Waals surface area contributed by atoms with Gasteiger partial charge in [0.05, 0.1) is 12.2 Å². The van der Waals surface area contributed by atoms with Crippen molar-refractivity contribution in [1.29, 1.82) is 0 Å². The maximum Gasteiger partial charge on any atom is 0.0811 e. The third-order valence-electron chi connectivity index (χ3n) is 8.62. The fourth-order valence-electron chi connectivity index (χ4n) is 6.62. The van der Waals surface area contributed by atoms with Crippen molar-refractivity contribution in [3.05, 3.63) is 60.3 Å². The molecular formula is C29H44O2. The Morgan fingerprint density at radius 1 is 1.10 bits per heavy atom. The smallest absolute Gasteiger partial charge is 0.0811 e. The monoisotopic (exact) mass is 424 g/mol. The molecule has 2 nitrogen and oxygen atoms in total. The van der Waals surface area contributed by atoms with Gasteiger partial charge in [0, 0.05) is 6.42 Å². The van der Waals surface area contributed by atoms with Gasteiger partial charge >= 0.3 is 0 Å². The largest absolute Gasteiger partial charge is 0.393 e.